The minimum atomic E-state index is -0.387. The summed E-state index contributed by atoms with van der Waals surface area (Å²) in [5, 5.41) is 5.93. The second-order valence-electron chi connectivity index (χ2n) is 3.53. The zero-order chi connectivity index (χ0) is 12.0. The van der Waals surface area contributed by atoms with Crippen molar-refractivity contribution in [3.8, 4) is 0 Å². The number of primary amides is 1. The van der Waals surface area contributed by atoms with Gasteiger partial charge >= 0.3 is 0 Å². The van der Waals surface area contributed by atoms with Crippen LogP contribution < -0.4 is 16.4 Å². The van der Waals surface area contributed by atoms with Crippen LogP contribution in [-0.4, -0.2) is 25.5 Å². The van der Waals surface area contributed by atoms with Gasteiger partial charge in [0.2, 0.25) is 5.91 Å². The molecule has 5 heteroatoms. The number of hydrogen-bond acceptors (Lipinski definition) is 3. The van der Waals surface area contributed by atoms with Crippen molar-refractivity contribution in [2.45, 2.75) is 6.92 Å². The Morgan fingerprint density at radius 2 is 2.19 bits per heavy atom. The van der Waals surface area contributed by atoms with Gasteiger partial charge in [-0.1, -0.05) is 6.07 Å². The second-order valence-corrected chi connectivity index (χ2v) is 3.53. The zero-order valence-corrected chi connectivity index (χ0v) is 9.22. The summed E-state index contributed by atoms with van der Waals surface area (Å²) in [6.45, 7) is 3.26. The molecule has 0 saturated heterocycles. The Morgan fingerprint density at radius 1 is 1.44 bits per heavy atom. The molecule has 16 heavy (non-hydrogen) atoms. The number of nitrogens with one attached hydrogen (secondary N) is 2. The molecule has 0 fully saturated rings. The number of rotatable bonds is 6. The molecule has 88 valence electrons. The standard InChI is InChI=1S/C11H16FN3O/c1-8-2-3-9(12)6-10(8)15-5-4-14-7-11(13)16/h2-3,6,14-15H,4-5,7H2,1H3,(H2,13,16). The fourth-order valence-electron chi connectivity index (χ4n) is 1.28. The largest absolute Gasteiger partial charge is 0.383 e. The SMILES string of the molecule is Cc1ccc(F)cc1NCCNCC(N)=O. The van der Waals surface area contributed by atoms with Crippen LogP contribution in [0.1, 0.15) is 5.56 Å². The summed E-state index contributed by atoms with van der Waals surface area (Å²) in [7, 11) is 0. The number of nitrogens with two attached hydrogens (primary N) is 1. The highest BCUT2D eigenvalue weighted by molar-refractivity contribution is 5.75. The number of hydrogen-bond donors (Lipinski definition) is 3. The molecule has 4 N–H and O–H groups in total. The number of amides is 1. The number of carbonyl (C=O) groups excluding carboxylic acids is 1. The maximum absolute atomic E-state index is 12.9. The van der Waals surface area contributed by atoms with Gasteiger partial charge in [-0.3, -0.25) is 4.79 Å². The highest BCUT2D eigenvalue weighted by atomic mass is 19.1. The maximum Gasteiger partial charge on any atom is 0.231 e. The Kier molecular flexibility index (Phi) is 4.72. The Balaban J connectivity index is 2.31. The average molecular weight is 225 g/mol. The first-order valence-corrected chi connectivity index (χ1v) is 5.08. The molecule has 1 aromatic rings. The molecule has 0 aliphatic carbocycles. The summed E-state index contributed by atoms with van der Waals surface area (Å²) in [6, 6.07) is 4.59. The first-order valence-electron chi connectivity index (χ1n) is 5.08. The van der Waals surface area contributed by atoms with E-state index in [4.69, 9.17) is 5.73 Å². The second kappa shape index (κ2) is 6.07. The molecule has 0 saturated carbocycles. The maximum atomic E-state index is 12.9. The predicted molar refractivity (Wildman–Crippen MR) is 61.7 cm³/mol. The van der Waals surface area contributed by atoms with Crippen LogP contribution in [0, 0.1) is 12.7 Å². The van der Waals surface area contributed by atoms with Crippen LogP contribution in [0.5, 0.6) is 0 Å². The van der Waals surface area contributed by atoms with Gasteiger partial charge in [0.1, 0.15) is 5.82 Å². The normalized spacial score (nSPS) is 10.1. The van der Waals surface area contributed by atoms with E-state index in [1.165, 1.54) is 12.1 Å². The molecule has 1 rings (SSSR count). The van der Waals surface area contributed by atoms with E-state index < -0.39 is 0 Å². The van der Waals surface area contributed by atoms with Gasteiger partial charge in [0, 0.05) is 18.8 Å². The van der Waals surface area contributed by atoms with Crippen molar-refractivity contribution in [1.29, 1.82) is 0 Å². The summed E-state index contributed by atoms with van der Waals surface area (Å²) < 4.78 is 12.9. The molecule has 4 nitrogen and oxygen atoms in total. The summed E-state index contributed by atoms with van der Waals surface area (Å²) >= 11 is 0. The van der Waals surface area contributed by atoms with Gasteiger partial charge in [-0.15, -0.1) is 0 Å². The van der Waals surface area contributed by atoms with Crippen molar-refractivity contribution in [3.05, 3.63) is 29.6 Å². The minimum Gasteiger partial charge on any atom is -0.383 e. The van der Waals surface area contributed by atoms with Crippen molar-refractivity contribution in [1.82, 2.24) is 5.32 Å². The molecular formula is C11H16FN3O. The topological polar surface area (TPSA) is 67.2 Å². The van der Waals surface area contributed by atoms with Crippen LogP contribution in [0.2, 0.25) is 0 Å². The van der Waals surface area contributed by atoms with E-state index in [2.05, 4.69) is 10.6 Å². The highest BCUT2D eigenvalue weighted by Crippen LogP contribution is 2.15. The van der Waals surface area contributed by atoms with E-state index in [9.17, 15) is 9.18 Å². The van der Waals surface area contributed by atoms with Crippen molar-refractivity contribution >= 4 is 11.6 Å². The molecule has 0 radical (unpaired) electrons. The molecule has 1 aromatic carbocycles. The smallest absolute Gasteiger partial charge is 0.231 e. The summed E-state index contributed by atoms with van der Waals surface area (Å²) in [4.78, 5) is 10.4. The van der Waals surface area contributed by atoms with Gasteiger partial charge in [-0.05, 0) is 24.6 Å². The zero-order valence-electron chi connectivity index (χ0n) is 9.22. The lowest BCUT2D eigenvalue weighted by Gasteiger charge is -2.09. The Labute approximate surface area is 94.0 Å². The van der Waals surface area contributed by atoms with E-state index >= 15 is 0 Å². The lowest BCUT2D eigenvalue weighted by atomic mass is 10.2. The quantitative estimate of drug-likeness (QED) is 0.622. The minimum absolute atomic E-state index is 0.157. The molecular weight excluding hydrogens is 209 g/mol. The van der Waals surface area contributed by atoms with Crippen LogP contribution >= 0.6 is 0 Å². The molecule has 0 aromatic heterocycles. The highest BCUT2D eigenvalue weighted by Gasteiger charge is 1.99. The Morgan fingerprint density at radius 3 is 2.88 bits per heavy atom. The lowest BCUT2D eigenvalue weighted by Crippen LogP contribution is -2.31. The third kappa shape index (κ3) is 4.27. The fourth-order valence-corrected chi connectivity index (χ4v) is 1.28. The molecule has 1 amide bonds. The Hall–Kier alpha value is -1.62. The van der Waals surface area contributed by atoms with Crippen molar-refractivity contribution in [2.75, 3.05) is 25.0 Å². The van der Waals surface area contributed by atoms with Gasteiger partial charge in [0.15, 0.2) is 0 Å². The van der Waals surface area contributed by atoms with Crippen molar-refractivity contribution in [2.24, 2.45) is 5.73 Å². The van der Waals surface area contributed by atoms with Gasteiger partial charge in [0.25, 0.3) is 0 Å². The van der Waals surface area contributed by atoms with Gasteiger partial charge in [-0.2, -0.15) is 0 Å². The summed E-state index contributed by atoms with van der Waals surface area (Å²) in [5.41, 5.74) is 6.71. The van der Waals surface area contributed by atoms with Crippen LogP contribution in [0.3, 0.4) is 0 Å². The van der Waals surface area contributed by atoms with E-state index in [1.807, 2.05) is 6.92 Å². The van der Waals surface area contributed by atoms with Crippen molar-refractivity contribution < 1.29 is 9.18 Å². The third-order valence-corrected chi connectivity index (χ3v) is 2.12. The van der Waals surface area contributed by atoms with E-state index in [0.29, 0.717) is 13.1 Å². The monoisotopic (exact) mass is 225 g/mol. The van der Waals surface area contributed by atoms with E-state index in [-0.39, 0.29) is 18.3 Å². The third-order valence-electron chi connectivity index (χ3n) is 2.12. The molecule has 0 aliphatic heterocycles. The summed E-state index contributed by atoms with van der Waals surface area (Å²) in [6.07, 6.45) is 0. The number of benzene rings is 1. The van der Waals surface area contributed by atoms with E-state index in [0.717, 1.165) is 11.3 Å². The number of anilines is 1. The number of aryl methyl sites for hydroxylation is 1. The first kappa shape index (κ1) is 12.4. The predicted octanol–water partition coefficient (Wildman–Crippen LogP) is 0.621. The molecule has 0 bridgehead atoms. The van der Waals surface area contributed by atoms with E-state index in [1.54, 1.807) is 6.07 Å². The van der Waals surface area contributed by atoms with Gasteiger partial charge < -0.3 is 16.4 Å². The molecule has 0 spiro atoms. The summed E-state index contributed by atoms with van der Waals surface area (Å²) in [5.74, 6) is -0.653. The van der Waals surface area contributed by atoms with Crippen molar-refractivity contribution in [3.63, 3.8) is 0 Å². The Bertz CT molecular complexity index is 368. The first-order chi connectivity index (χ1) is 7.59. The number of carbonyl (C=O) groups is 1. The molecule has 0 aliphatic rings. The van der Waals surface area contributed by atoms with Crippen LogP contribution in [-0.2, 0) is 4.79 Å². The van der Waals surface area contributed by atoms with Gasteiger partial charge in [-0.25, -0.2) is 4.39 Å². The molecule has 0 heterocycles. The molecule has 0 atom stereocenters. The van der Waals surface area contributed by atoms with Crippen LogP contribution in [0.15, 0.2) is 18.2 Å². The number of halogens is 1. The van der Waals surface area contributed by atoms with Crippen LogP contribution in [0.4, 0.5) is 10.1 Å². The average Bonchev–Trinajstić information content (AvgIpc) is 2.22. The van der Waals surface area contributed by atoms with Crippen LogP contribution in [0.25, 0.3) is 0 Å². The van der Waals surface area contributed by atoms with Gasteiger partial charge in [0.05, 0.1) is 6.54 Å². The fraction of sp³-hybridized carbons (Fsp3) is 0.364. The molecule has 0 unspecified atom stereocenters. The lowest BCUT2D eigenvalue weighted by molar-refractivity contribution is -0.117.